The van der Waals surface area contributed by atoms with Crippen LogP contribution in [-0.2, 0) is 28.8 Å². The quantitative estimate of drug-likeness (QED) is 0.114. The zero-order valence-corrected chi connectivity index (χ0v) is 19.8. The number of hydrogen-bond acceptors (Lipinski definition) is 8. The molecule has 0 spiro atoms. The van der Waals surface area contributed by atoms with Crippen molar-refractivity contribution < 1.29 is 50.4 Å². The molecule has 0 aliphatic carbocycles. The van der Waals surface area contributed by atoms with Crippen molar-refractivity contribution in [1.82, 2.24) is 21.3 Å². The van der Waals surface area contributed by atoms with Crippen LogP contribution in [0.3, 0.4) is 0 Å². The van der Waals surface area contributed by atoms with Gasteiger partial charge >= 0.3 is 0 Å². The van der Waals surface area contributed by atoms with Crippen molar-refractivity contribution in [3.8, 4) is 0 Å². The molecule has 0 saturated carbocycles. The van der Waals surface area contributed by atoms with Crippen LogP contribution in [0.1, 0.15) is 52.9 Å². The number of rotatable bonds is 16. The monoisotopic (exact) mass is 488 g/mol. The molecule has 0 bridgehead atoms. The molecular formula is C20H36N6O8. The van der Waals surface area contributed by atoms with Gasteiger partial charge in [0, 0.05) is 6.42 Å². The van der Waals surface area contributed by atoms with Gasteiger partial charge < -0.3 is 52.5 Å². The Morgan fingerprint density at radius 3 is 1.79 bits per heavy atom. The predicted octanol–water partition coefficient (Wildman–Crippen LogP) is -6.71. The van der Waals surface area contributed by atoms with Gasteiger partial charge in [0.05, 0.1) is 30.6 Å². The summed E-state index contributed by atoms with van der Waals surface area (Å²) < 4.78 is 0. The van der Waals surface area contributed by atoms with E-state index in [0.717, 1.165) is 0 Å². The predicted molar refractivity (Wildman–Crippen MR) is 112 cm³/mol. The molecule has 0 aromatic carbocycles. The number of carboxylic acids is 2. The van der Waals surface area contributed by atoms with Crippen molar-refractivity contribution in [3.63, 3.8) is 0 Å². The van der Waals surface area contributed by atoms with Gasteiger partial charge in [-0.25, -0.2) is 0 Å². The summed E-state index contributed by atoms with van der Waals surface area (Å²) in [6, 6.07) is -5.49. The van der Waals surface area contributed by atoms with Crippen LogP contribution in [0.15, 0.2) is 0 Å². The maximum Gasteiger partial charge on any atom is 0.278 e. The van der Waals surface area contributed by atoms with E-state index in [9.17, 15) is 39.0 Å². The maximum absolute atomic E-state index is 12.7. The summed E-state index contributed by atoms with van der Waals surface area (Å²) in [6.07, 6.45) is 0.878. The van der Waals surface area contributed by atoms with Crippen LogP contribution >= 0.6 is 0 Å². The number of hydrogen-bond donors (Lipinski definition) is 6. The van der Waals surface area contributed by atoms with Crippen LogP contribution < -0.4 is 42.9 Å². The SMILES string of the molecule is C[C@H]([NH3+])C(=O)N[C@@H](CCC(=O)N[C@@H](CCCC[NH3+])C(=O)N[C@H](C)C(=O)N[C@H](C)C(=O)[O-])C(=O)[O-]. The van der Waals surface area contributed by atoms with Gasteiger partial charge in [0.25, 0.3) is 5.91 Å². The molecule has 0 saturated heterocycles. The maximum atomic E-state index is 12.7. The molecule has 0 rings (SSSR count). The van der Waals surface area contributed by atoms with Gasteiger partial charge in [-0.1, -0.05) is 0 Å². The average molecular weight is 489 g/mol. The van der Waals surface area contributed by atoms with Crippen molar-refractivity contribution in [2.45, 2.75) is 83.1 Å². The molecule has 0 heterocycles. The standard InChI is InChI=1S/C20H36N6O8/c1-10(22)16(28)26-14(20(33)34)7-8-15(27)25-13(6-4-5-9-21)18(30)23-11(2)17(29)24-12(3)19(31)32/h10-14H,4-9,21-22H2,1-3H3,(H,23,30)(H,24,29)(H,25,27)(H,26,28)(H,31,32)(H,33,34)/t10-,11+,12+,13-,14-/m0/s1. The third-order valence-electron chi connectivity index (χ3n) is 4.82. The molecule has 34 heavy (non-hydrogen) atoms. The summed E-state index contributed by atoms with van der Waals surface area (Å²) >= 11 is 0. The zero-order valence-electron chi connectivity index (χ0n) is 19.8. The van der Waals surface area contributed by atoms with Crippen LogP contribution in [0.4, 0.5) is 0 Å². The van der Waals surface area contributed by atoms with E-state index in [0.29, 0.717) is 19.4 Å². The van der Waals surface area contributed by atoms with Crippen molar-refractivity contribution in [2.75, 3.05) is 6.54 Å². The highest BCUT2D eigenvalue weighted by Gasteiger charge is 2.26. The minimum absolute atomic E-state index is 0.233. The van der Waals surface area contributed by atoms with E-state index in [1.165, 1.54) is 20.8 Å². The third kappa shape index (κ3) is 12.1. The molecule has 0 radical (unpaired) electrons. The highest BCUT2D eigenvalue weighted by atomic mass is 16.4. The minimum Gasteiger partial charge on any atom is -0.548 e. The number of carbonyl (C=O) groups is 6. The number of nitrogens with one attached hydrogen (secondary N) is 4. The summed E-state index contributed by atoms with van der Waals surface area (Å²) in [7, 11) is 0. The number of unbranched alkanes of at least 4 members (excludes halogenated alkanes) is 1. The Balaban J connectivity index is 5.05. The Morgan fingerprint density at radius 2 is 1.29 bits per heavy atom. The third-order valence-corrected chi connectivity index (χ3v) is 4.82. The summed E-state index contributed by atoms with van der Waals surface area (Å²) in [5, 5.41) is 31.3. The molecule has 0 aromatic rings. The lowest BCUT2D eigenvalue weighted by molar-refractivity contribution is -0.398. The fraction of sp³-hybridized carbons (Fsp3) is 0.700. The van der Waals surface area contributed by atoms with Crippen molar-refractivity contribution in [2.24, 2.45) is 0 Å². The Kier molecular flexibility index (Phi) is 14.1. The lowest BCUT2D eigenvalue weighted by atomic mass is 10.1. The van der Waals surface area contributed by atoms with E-state index in [2.05, 4.69) is 32.7 Å². The van der Waals surface area contributed by atoms with Gasteiger partial charge in [-0.3, -0.25) is 19.2 Å². The van der Waals surface area contributed by atoms with Crippen LogP contribution in [0, 0.1) is 0 Å². The lowest BCUT2D eigenvalue weighted by Crippen LogP contribution is -2.67. The number of aliphatic carboxylic acids is 2. The Morgan fingerprint density at radius 1 is 0.706 bits per heavy atom. The molecule has 0 fully saturated rings. The van der Waals surface area contributed by atoms with Crippen LogP contribution in [0.2, 0.25) is 0 Å². The highest BCUT2D eigenvalue weighted by Crippen LogP contribution is 2.04. The van der Waals surface area contributed by atoms with E-state index in [1.54, 1.807) is 0 Å². The summed E-state index contributed by atoms with van der Waals surface area (Å²) in [5.74, 6) is -5.71. The Hall–Kier alpha value is -3.26. The fourth-order valence-electron chi connectivity index (χ4n) is 2.68. The molecule has 0 aliphatic rings. The zero-order chi connectivity index (χ0) is 26.4. The molecule has 0 aliphatic heterocycles. The smallest absolute Gasteiger partial charge is 0.278 e. The van der Waals surface area contributed by atoms with E-state index in [-0.39, 0.29) is 19.3 Å². The second kappa shape index (κ2) is 15.6. The lowest BCUT2D eigenvalue weighted by Gasteiger charge is -2.23. The molecule has 14 heteroatoms. The van der Waals surface area contributed by atoms with Crippen molar-refractivity contribution in [3.05, 3.63) is 0 Å². The Labute approximate surface area is 197 Å². The van der Waals surface area contributed by atoms with Gasteiger partial charge in [0.1, 0.15) is 12.1 Å². The molecule has 5 atom stereocenters. The number of amides is 4. The average Bonchev–Trinajstić information content (AvgIpc) is 2.74. The summed E-state index contributed by atoms with van der Waals surface area (Å²) in [4.78, 5) is 70.8. The largest absolute Gasteiger partial charge is 0.548 e. The molecular weight excluding hydrogens is 452 g/mol. The second-order valence-corrected chi connectivity index (χ2v) is 8.07. The number of carbonyl (C=O) groups excluding carboxylic acids is 6. The highest BCUT2D eigenvalue weighted by molar-refractivity contribution is 5.93. The topological polar surface area (TPSA) is 252 Å². The first-order chi connectivity index (χ1) is 15.8. The first-order valence-electron chi connectivity index (χ1n) is 11.0. The van der Waals surface area contributed by atoms with E-state index < -0.39 is 65.8 Å². The molecule has 0 unspecified atom stereocenters. The van der Waals surface area contributed by atoms with Crippen LogP contribution in [0.25, 0.3) is 0 Å². The van der Waals surface area contributed by atoms with Gasteiger partial charge in [0.15, 0.2) is 6.04 Å². The van der Waals surface area contributed by atoms with Crippen LogP contribution in [-0.4, -0.2) is 72.3 Å². The van der Waals surface area contributed by atoms with Crippen molar-refractivity contribution in [1.29, 1.82) is 0 Å². The molecule has 0 aromatic heterocycles. The van der Waals surface area contributed by atoms with E-state index in [4.69, 9.17) is 0 Å². The summed E-state index contributed by atoms with van der Waals surface area (Å²) in [5.41, 5.74) is 7.19. The number of carboxylic acid groups (broad SMARTS) is 2. The number of quaternary nitrogens is 2. The van der Waals surface area contributed by atoms with Gasteiger partial charge in [0.2, 0.25) is 17.7 Å². The minimum atomic E-state index is -1.56. The Bertz CT molecular complexity index is 745. The molecule has 4 amide bonds. The van der Waals surface area contributed by atoms with E-state index >= 15 is 0 Å². The first kappa shape index (κ1) is 30.7. The first-order valence-corrected chi connectivity index (χ1v) is 11.0. The van der Waals surface area contributed by atoms with E-state index in [1.807, 2.05) is 0 Å². The molecule has 194 valence electrons. The van der Waals surface area contributed by atoms with Gasteiger partial charge in [-0.05, 0) is 46.5 Å². The second-order valence-electron chi connectivity index (χ2n) is 8.07. The fourth-order valence-corrected chi connectivity index (χ4v) is 2.68. The van der Waals surface area contributed by atoms with Crippen LogP contribution in [0.5, 0.6) is 0 Å². The molecule has 10 N–H and O–H groups in total. The van der Waals surface area contributed by atoms with Gasteiger partial charge in [-0.2, -0.15) is 0 Å². The van der Waals surface area contributed by atoms with Gasteiger partial charge in [-0.15, -0.1) is 0 Å². The summed E-state index contributed by atoms with van der Waals surface area (Å²) in [6.45, 7) is 4.65. The van der Waals surface area contributed by atoms with Crippen molar-refractivity contribution >= 4 is 35.6 Å². The normalized spacial score (nSPS) is 15.1. The molecule has 14 nitrogen and oxygen atoms in total.